The number of piperidine rings is 1. The number of benzene rings is 3. The van der Waals surface area contributed by atoms with Crippen molar-refractivity contribution in [3.63, 3.8) is 0 Å². The van der Waals surface area contributed by atoms with Crippen LogP contribution < -0.4 is 16.3 Å². The molecule has 1 aliphatic rings. The molecular weight excluding hydrogens is 621 g/mol. The zero-order valence-electron chi connectivity index (χ0n) is 25.2. The van der Waals surface area contributed by atoms with Crippen molar-refractivity contribution in [3.05, 3.63) is 89.5 Å². The standard InChI is InChI=1S/C32H37F3N6O4S/c1-19(42)32-31(24-15-21(33)5-8-28(24)39-32)27(36)18-41(37)17-20-9-12-40(13-10-20)14-11-38-46(44,45)22-6-7-23(26(35)16-22)30-25(34)3-2-4-29(30)43/h2-8,15-16,18-20,38-39,42-43H,9-14,17,36-37H2,1H3/b27-18-. The molecule has 46 heavy (non-hydrogen) atoms. The molecule has 14 heteroatoms. The Hall–Kier alpha value is -4.08. The van der Waals surface area contributed by atoms with Gasteiger partial charge in [0, 0.05) is 47.9 Å². The lowest BCUT2D eigenvalue weighted by Crippen LogP contribution is -2.42. The first-order valence-corrected chi connectivity index (χ1v) is 16.3. The number of aromatic hydroxyl groups is 1. The van der Waals surface area contributed by atoms with E-state index in [-0.39, 0.29) is 28.5 Å². The molecule has 10 nitrogen and oxygen atoms in total. The van der Waals surface area contributed by atoms with Gasteiger partial charge in [0.25, 0.3) is 0 Å². The van der Waals surface area contributed by atoms with Crippen molar-refractivity contribution in [3.8, 4) is 16.9 Å². The fourth-order valence-corrected chi connectivity index (χ4v) is 6.90. The monoisotopic (exact) mass is 658 g/mol. The lowest BCUT2D eigenvalue weighted by molar-refractivity contribution is 0.163. The van der Waals surface area contributed by atoms with Crippen molar-refractivity contribution in [2.75, 3.05) is 32.7 Å². The minimum absolute atomic E-state index is 0.101. The molecule has 1 saturated heterocycles. The summed E-state index contributed by atoms with van der Waals surface area (Å²) in [4.78, 5) is 4.91. The molecule has 1 aromatic heterocycles. The number of H-pyrrole nitrogens is 1. The van der Waals surface area contributed by atoms with Gasteiger partial charge in [0.15, 0.2) is 0 Å². The van der Waals surface area contributed by atoms with Crippen molar-refractivity contribution < 1.29 is 31.8 Å². The Morgan fingerprint density at radius 1 is 1.13 bits per heavy atom. The van der Waals surface area contributed by atoms with Gasteiger partial charge in [-0.2, -0.15) is 0 Å². The summed E-state index contributed by atoms with van der Waals surface area (Å²) >= 11 is 0. The van der Waals surface area contributed by atoms with E-state index >= 15 is 0 Å². The van der Waals surface area contributed by atoms with E-state index in [0.29, 0.717) is 54.0 Å². The fraction of sp³-hybridized carbons (Fsp3) is 0.312. The lowest BCUT2D eigenvalue weighted by atomic mass is 9.96. The second-order valence-corrected chi connectivity index (χ2v) is 13.3. The van der Waals surface area contributed by atoms with E-state index in [1.165, 1.54) is 35.3 Å². The predicted molar refractivity (Wildman–Crippen MR) is 170 cm³/mol. The molecule has 4 aromatic rings. The van der Waals surface area contributed by atoms with Crippen molar-refractivity contribution in [2.24, 2.45) is 17.5 Å². The van der Waals surface area contributed by atoms with Crippen LogP contribution in [0, 0.1) is 23.4 Å². The highest BCUT2D eigenvalue weighted by molar-refractivity contribution is 7.89. The van der Waals surface area contributed by atoms with Crippen LogP contribution in [0.5, 0.6) is 5.75 Å². The van der Waals surface area contributed by atoms with E-state index in [1.54, 1.807) is 19.2 Å². The summed E-state index contributed by atoms with van der Waals surface area (Å²) in [6.45, 7) is 4.06. The minimum Gasteiger partial charge on any atom is -0.507 e. The normalized spacial score (nSPS) is 15.8. The van der Waals surface area contributed by atoms with Crippen LogP contribution in [0.25, 0.3) is 27.7 Å². The summed E-state index contributed by atoms with van der Waals surface area (Å²) < 4.78 is 71.1. The SMILES string of the molecule is CC(O)c1[nH]c2ccc(F)cc2c1/C(N)=C/N(N)CC1CCN(CCNS(=O)(=O)c2ccc(-c3c(O)cccc3F)c(F)c2)CC1. The molecule has 1 atom stereocenters. The molecule has 0 radical (unpaired) electrons. The number of aliphatic hydroxyl groups is 1. The summed E-state index contributed by atoms with van der Waals surface area (Å²) in [6, 6.07) is 11.0. The van der Waals surface area contributed by atoms with Gasteiger partial charge in [-0.05, 0) is 87.3 Å². The Morgan fingerprint density at radius 3 is 2.54 bits per heavy atom. The number of nitrogens with zero attached hydrogens (tertiary/aromatic N) is 2. The first-order chi connectivity index (χ1) is 21.8. The second-order valence-electron chi connectivity index (χ2n) is 11.5. The van der Waals surface area contributed by atoms with E-state index < -0.39 is 39.3 Å². The fourth-order valence-electron chi connectivity index (χ4n) is 5.86. The smallest absolute Gasteiger partial charge is 0.240 e. The Labute approximate surface area is 265 Å². The van der Waals surface area contributed by atoms with Gasteiger partial charge in [0.2, 0.25) is 10.0 Å². The number of aromatic amines is 1. The molecule has 246 valence electrons. The number of sulfonamides is 1. The molecule has 1 unspecified atom stereocenters. The molecule has 8 N–H and O–H groups in total. The number of hydrazine groups is 1. The molecule has 0 spiro atoms. The molecular formula is C32H37F3N6O4S. The van der Waals surface area contributed by atoms with Gasteiger partial charge >= 0.3 is 0 Å². The number of fused-ring (bicyclic) bond motifs is 1. The third-order valence-electron chi connectivity index (χ3n) is 8.21. The third-order valence-corrected chi connectivity index (χ3v) is 9.67. The van der Waals surface area contributed by atoms with E-state index in [2.05, 4.69) is 14.6 Å². The number of aliphatic hydroxyl groups excluding tert-OH is 1. The Balaban J connectivity index is 1.12. The molecule has 0 bridgehead atoms. The Morgan fingerprint density at radius 2 is 1.87 bits per heavy atom. The molecule has 0 saturated carbocycles. The number of halogens is 3. The van der Waals surface area contributed by atoms with E-state index in [0.717, 1.165) is 31.0 Å². The third kappa shape index (κ3) is 7.32. The number of rotatable bonds is 11. The number of likely N-dealkylation sites (tertiary alicyclic amines) is 1. The highest BCUT2D eigenvalue weighted by Crippen LogP contribution is 2.34. The number of hydrogen-bond donors (Lipinski definition) is 6. The Kier molecular flexibility index (Phi) is 9.93. The van der Waals surface area contributed by atoms with Gasteiger partial charge < -0.3 is 30.8 Å². The second kappa shape index (κ2) is 13.7. The number of nitrogens with one attached hydrogen (secondary N) is 2. The number of nitrogens with two attached hydrogens (primary N) is 2. The minimum atomic E-state index is -4.04. The highest BCUT2D eigenvalue weighted by atomic mass is 32.2. The van der Waals surface area contributed by atoms with Crippen molar-refractivity contribution >= 4 is 26.6 Å². The van der Waals surface area contributed by atoms with Crippen LogP contribution in [0.1, 0.15) is 37.1 Å². The molecule has 2 heterocycles. The van der Waals surface area contributed by atoms with E-state index in [1.807, 2.05) is 0 Å². The number of hydrogen-bond acceptors (Lipinski definition) is 8. The van der Waals surface area contributed by atoms with Gasteiger partial charge in [0.05, 0.1) is 28.0 Å². The van der Waals surface area contributed by atoms with Gasteiger partial charge in [-0.15, -0.1) is 0 Å². The van der Waals surface area contributed by atoms with Crippen LogP contribution in [0.4, 0.5) is 13.2 Å². The number of phenolic OH excluding ortho intramolecular Hbond substituents is 1. The topological polar surface area (TPSA) is 161 Å². The quantitative estimate of drug-likeness (QED) is 0.104. The average molecular weight is 659 g/mol. The summed E-state index contributed by atoms with van der Waals surface area (Å²) in [5, 5.41) is 22.3. The molecule has 0 amide bonds. The van der Waals surface area contributed by atoms with Crippen molar-refractivity contribution in [1.82, 2.24) is 19.6 Å². The molecule has 1 fully saturated rings. The van der Waals surface area contributed by atoms with Gasteiger partial charge in [-0.25, -0.2) is 32.2 Å². The summed E-state index contributed by atoms with van der Waals surface area (Å²) in [5.74, 6) is 3.84. The maximum atomic E-state index is 14.8. The molecule has 3 aromatic carbocycles. The van der Waals surface area contributed by atoms with Crippen LogP contribution in [-0.4, -0.2) is 66.2 Å². The average Bonchev–Trinajstić information content (AvgIpc) is 3.38. The van der Waals surface area contributed by atoms with Gasteiger partial charge in [-0.1, -0.05) is 6.07 Å². The van der Waals surface area contributed by atoms with Gasteiger partial charge in [0.1, 0.15) is 23.2 Å². The molecule has 1 aliphatic heterocycles. The Bertz CT molecular complexity index is 1840. The molecule has 5 rings (SSSR count). The van der Waals surface area contributed by atoms with Crippen molar-refractivity contribution in [2.45, 2.75) is 30.8 Å². The van der Waals surface area contributed by atoms with E-state index in [9.17, 15) is 31.8 Å². The summed E-state index contributed by atoms with van der Waals surface area (Å²) in [5.41, 5.74) is 7.71. The maximum Gasteiger partial charge on any atom is 0.240 e. The van der Waals surface area contributed by atoms with Crippen LogP contribution in [0.2, 0.25) is 0 Å². The first-order valence-electron chi connectivity index (χ1n) is 14.8. The zero-order chi connectivity index (χ0) is 33.2. The summed E-state index contributed by atoms with van der Waals surface area (Å²) in [7, 11) is -4.04. The number of phenols is 1. The van der Waals surface area contributed by atoms with E-state index in [4.69, 9.17) is 11.6 Å². The lowest BCUT2D eigenvalue weighted by Gasteiger charge is -2.33. The van der Waals surface area contributed by atoms with Crippen LogP contribution >= 0.6 is 0 Å². The first kappa shape index (κ1) is 33.3. The van der Waals surface area contributed by atoms with Gasteiger partial charge in [-0.3, -0.25) is 0 Å². The predicted octanol–water partition coefficient (Wildman–Crippen LogP) is 4.13. The number of aromatic nitrogens is 1. The zero-order valence-corrected chi connectivity index (χ0v) is 26.0. The summed E-state index contributed by atoms with van der Waals surface area (Å²) in [6.07, 6.45) is 2.33. The maximum absolute atomic E-state index is 14.8. The molecule has 0 aliphatic carbocycles. The van der Waals surface area contributed by atoms with Crippen LogP contribution in [-0.2, 0) is 10.0 Å². The van der Waals surface area contributed by atoms with Crippen LogP contribution in [0.3, 0.4) is 0 Å². The largest absolute Gasteiger partial charge is 0.507 e. The highest BCUT2D eigenvalue weighted by Gasteiger charge is 2.23. The van der Waals surface area contributed by atoms with Crippen molar-refractivity contribution in [1.29, 1.82) is 0 Å². The van der Waals surface area contributed by atoms with Crippen LogP contribution in [0.15, 0.2) is 65.7 Å².